The van der Waals surface area contributed by atoms with Gasteiger partial charge in [-0.25, -0.2) is 0 Å². The molecule has 0 unspecified atom stereocenters. The molecule has 0 N–H and O–H groups in total. The number of hydrogen-bond acceptors (Lipinski definition) is 3. The van der Waals surface area contributed by atoms with E-state index in [0.717, 1.165) is 36.8 Å². The smallest absolute Gasteiger partial charge is 0.315 e. The van der Waals surface area contributed by atoms with Crippen LogP contribution in [0.2, 0.25) is 0 Å². The third kappa shape index (κ3) is 2.58. The summed E-state index contributed by atoms with van der Waals surface area (Å²) in [5.74, 6) is 1.60. The first-order valence-corrected chi connectivity index (χ1v) is 10.5. The van der Waals surface area contributed by atoms with Gasteiger partial charge in [0.15, 0.2) is 0 Å². The third-order valence-corrected chi connectivity index (χ3v) is 7.90. The van der Waals surface area contributed by atoms with Gasteiger partial charge in [-0.2, -0.15) is 0 Å². The van der Waals surface area contributed by atoms with Crippen molar-refractivity contribution in [1.82, 2.24) is 0 Å². The maximum atomic E-state index is 13.0. The Morgan fingerprint density at radius 2 is 1.96 bits per heavy atom. The van der Waals surface area contributed by atoms with Crippen LogP contribution in [-0.4, -0.2) is 54.9 Å². The van der Waals surface area contributed by atoms with Crippen molar-refractivity contribution in [2.75, 3.05) is 27.2 Å². The van der Waals surface area contributed by atoms with Gasteiger partial charge in [0.05, 0.1) is 32.8 Å². The van der Waals surface area contributed by atoms with Gasteiger partial charge in [0.25, 0.3) is 0 Å². The molecule has 4 rings (SSSR count). The molecular weight excluding hydrogens is 314 g/mol. The molecule has 0 bridgehead atoms. The number of rotatable bonds is 5. The van der Waals surface area contributed by atoms with E-state index < -0.39 is 0 Å². The van der Waals surface area contributed by atoms with E-state index >= 15 is 0 Å². The number of ether oxygens (including phenoxy) is 2. The zero-order chi connectivity index (χ0) is 18.0. The van der Waals surface area contributed by atoms with Gasteiger partial charge >= 0.3 is 5.97 Å². The first-order valence-electron chi connectivity index (χ1n) is 10.5. The van der Waals surface area contributed by atoms with Gasteiger partial charge < -0.3 is 14.0 Å². The van der Waals surface area contributed by atoms with Crippen molar-refractivity contribution < 1.29 is 18.8 Å². The van der Waals surface area contributed by atoms with Crippen molar-refractivity contribution in [3.63, 3.8) is 0 Å². The van der Waals surface area contributed by atoms with Crippen molar-refractivity contribution in [3.05, 3.63) is 0 Å². The molecule has 4 fully saturated rings. The second kappa shape index (κ2) is 5.69. The van der Waals surface area contributed by atoms with Crippen molar-refractivity contribution >= 4 is 5.97 Å². The van der Waals surface area contributed by atoms with Crippen LogP contribution in [0, 0.1) is 23.7 Å². The third-order valence-electron chi connectivity index (χ3n) is 7.90. The fraction of sp³-hybridized carbons (Fsp3) is 0.952. The lowest BCUT2D eigenvalue weighted by Gasteiger charge is -2.50. The minimum atomic E-state index is -0.322. The van der Waals surface area contributed by atoms with E-state index in [1.165, 1.54) is 19.3 Å². The molecule has 4 nitrogen and oxygen atoms in total. The Morgan fingerprint density at radius 1 is 1.20 bits per heavy atom. The lowest BCUT2D eigenvalue weighted by molar-refractivity contribution is -0.893. The van der Waals surface area contributed by atoms with Gasteiger partial charge in [0, 0.05) is 11.8 Å². The highest BCUT2D eigenvalue weighted by atomic mass is 16.7. The summed E-state index contributed by atoms with van der Waals surface area (Å²) in [6.07, 6.45) is 7.20. The number of quaternary nitrogens is 1. The largest absolute Gasteiger partial charge is 0.455 e. The summed E-state index contributed by atoms with van der Waals surface area (Å²) < 4.78 is 13.5. The molecule has 2 saturated carbocycles. The molecule has 7 atom stereocenters. The van der Waals surface area contributed by atoms with Crippen LogP contribution in [-0.2, 0) is 14.3 Å². The Kier molecular flexibility index (Phi) is 4.05. The topological polar surface area (TPSA) is 38.8 Å². The molecule has 2 aliphatic heterocycles. The van der Waals surface area contributed by atoms with Gasteiger partial charge in [-0.1, -0.05) is 20.3 Å². The highest BCUT2D eigenvalue weighted by molar-refractivity contribution is 5.77. The van der Waals surface area contributed by atoms with E-state index in [0.29, 0.717) is 17.8 Å². The Balaban J connectivity index is 1.61. The van der Waals surface area contributed by atoms with E-state index in [4.69, 9.17) is 9.47 Å². The number of nitrogens with zero attached hydrogens (tertiary/aromatic N) is 1. The summed E-state index contributed by atoms with van der Waals surface area (Å²) in [5.41, 5.74) is -0.356. The van der Waals surface area contributed by atoms with E-state index in [2.05, 4.69) is 34.9 Å². The van der Waals surface area contributed by atoms with E-state index in [1.54, 1.807) is 0 Å². The molecule has 2 aliphatic carbocycles. The highest BCUT2D eigenvalue weighted by Crippen LogP contribution is 2.66. The Labute approximate surface area is 152 Å². The van der Waals surface area contributed by atoms with Crippen molar-refractivity contribution in [2.24, 2.45) is 23.7 Å². The van der Waals surface area contributed by atoms with Gasteiger partial charge in [-0.3, -0.25) is 4.79 Å². The fourth-order valence-electron chi connectivity index (χ4n) is 6.47. The predicted molar refractivity (Wildman–Crippen MR) is 97.0 cm³/mol. The molecule has 0 aromatic rings. The van der Waals surface area contributed by atoms with Crippen molar-refractivity contribution in [2.45, 2.75) is 76.6 Å². The lowest BCUT2D eigenvalue weighted by atomic mass is 9.55. The highest BCUT2D eigenvalue weighted by Gasteiger charge is 2.77. The quantitative estimate of drug-likeness (QED) is 0.433. The SMILES string of the molecule is CCCC[N+](C)(C)C[C@H]1C(=O)O[C@@]23[C@@H](CC[C@@]4(C)O[C@@H]24)[C@H](C)CC[C@@H]13. The average Bonchev–Trinajstić information content (AvgIpc) is 3.17. The summed E-state index contributed by atoms with van der Waals surface area (Å²) in [6.45, 7) is 8.87. The van der Waals surface area contributed by atoms with E-state index in [-0.39, 0.29) is 29.2 Å². The van der Waals surface area contributed by atoms with Gasteiger partial charge in [-0.05, 0) is 44.9 Å². The Hall–Kier alpha value is -0.610. The monoisotopic (exact) mass is 350 g/mol. The van der Waals surface area contributed by atoms with Crippen LogP contribution < -0.4 is 0 Å². The van der Waals surface area contributed by atoms with Crippen LogP contribution in [0.3, 0.4) is 0 Å². The van der Waals surface area contributed by atoms with Crippen molar-refractivity contribution in [3.8, 4) is 0 Å². The molecule has 0 aromatic heterocycles. The standard InChI is InChI=1S/C21H36NO3/c1-6-7-12-22(4,5)13-15-17-9-8-14(2)16-10-11-20(3)19(25-20)21(16,17)24-18(15)23/h14-17,19H,6-13H2,1-5H3/q+1/t14-,15-,16+,17+,19-,20-,21-/m1/s1. The Bertz CT molecular complexity index is 561. The number of carbonyl (C=O) groups is 1. The lowest BCUT2D eigenvalue weighted by Crippen LogP contribution is -2.59. The normalized spacial score (nSPS) is 48.4. The summed E-state index contributed by atoms with van der Waals surface area (Å²) in [7, 11) is 4.55. The maximum Gasteiger partial charge on any atom is 0.315 e. The number of carbonyl (C=O) groups excluding carboxylic acids is 1. The molecule has 25 heavy (non-hydrogen) atoms. The fourth-order valence-corrected chi connectivity index (χ4v) is 6.47. The first kappa shape index (κ1) is 17.8. The van der Waals surface area contributed by atoms with Crippen molar-refractivity contribution in [1.29, 1.82) is 0 Å². The summed E-state index contributed by atoms with van der Waals surface area (Å²) in [6, 6.07) is 0. The molecule has 0 amide bonds. The molecule has 2 saturated heterocycles. The molecule has 0 aromatic carbocycles. The minimum absolute atomic E-state index is 0.0342. The van der Waals surface area contributed by atoms with Gasteiger partial charge in [-0.15, -0.1) is 0 Å². The molecule has 4 aliphatic rings. The first-order chi connectivity index (χ1) is 11.7. The van der Waals surface area contributed by atoms with E-state index in [9.17, 15) is 4.79 Å². The second-order valence-corrected chi connectivity index (χ2v) is 10.2. The average molecular weight is 351 g/mol. The van der Waals surface area contributed by atoms with Crippen LogP contribution in [0.4, 0.5) is 0 Å². The molecule has 1 spiro atoms. The van der Waals surface area contributed by atoms with E-state index in [1.807, 2.05) is 0 Å². The molecule has 2 heterocycles. The van der Waals surface area contributed by atoms with Gasteiger partial charge in [0.2, 0.25) is 0 Å². The Morgan fingerprint density at radius 3 is 2.68 bits per heavy atom. The van der Waals surface area contributed by atoms with Crippen LogP contribution in [0.15, 0.2) is 0 Å². The minimum Gasteiger partial charge on any atom is -0.455 e. The zero-order valence-electron chi connectivity index (χ0n) is 16.7. The summed E-state index contributed by atoms with van der Waals surface area (Å²) in [4.78, 5) is 13.0. The van der Waals surface area contributed by atoms with Crippen LogP contribution in [0.1, 0.15) is 59.3 Å². The molecule has 0 radical (unpaired) electrons. The maximum absolute atomic E-state index is 13.0. The van der Waals surface area contributed by atoms with Crippen LogP contribution >= 0.6 is 0 Å². The molecule has 142 valence electrons. The summed E-state index contributed by atoms with van der Waals surface area (Å²) >= 11 is 0. The number of hydrogen-bond donors (Lipinski definition) is 0. The van der Waals surface area contributed by atoms with Crippen LogP contribution in [0.5, 0.6) is 0 Å². The number of unbranched alkanes of at least 4 members (excludes halogenated alkanes) is 1. The predicted octanol–water partition coefficient (Wildman–Crippen LogP) is 3.39. The molecular formula is C21H36NO3+. The zero-order valence-corrected chi connectivity index (χ0v) is 16.7. The van der Waals surface area contributed by atoms with Crippen LogP contribution in [0.25, 0.3) is 0 Å². The second-order valence-electron chi connectivity index (χ2n) is 10.2. The number of esters is 1. The molecule has 4 heteroatoms. The summed E-state index contributed by atoms with van der Waals surface area (Å²) in [5, 5.41) is 0. The number of epoxide rings is 1. The van der Waals surface area contributed by atoms with Gasteiger partial charge in [0.1, 0.15) is 17.6 Å². The number of fused-ring (bicyclic) bond motifs is 1.